The number of amides is 1. The zero-order chi connectivity index (χ0) is 20.1. The van der Waals surface area contributed by atoms with Crippen molar-refractivity contribution in [1.82, 2.24) is 9.29 Å². The second kappa shape index (κ2) is 8.80. The summed E-state index contributed by atoms with van der Waals surface area (Å²) in [6.45, 7) is 2.99. The van der Waals surface area contributed by atoms with E-state index in [1.54, 1.807) is 6.92 Å². The molecule has 0 unspecified atom stereocenters. The van der Waals surface area contributed by atoms with Crippen LogP contribution in [0.3, 0.4) is 0 Å². The van der Waals surface area contributed by atoms with E-state index in [2.05, 4.69) is 10.3 Å². The number of rotatable bonds is 6. The van der Waals surface area contributed by atoms with Gasteiger partial charge in [0.25, 0.3) is 5.91 Å². The summed E-state index contributed by atoms with van der Waals surface area (Å²) in [6.07, 6.45) is 2.77. The molecule has 0 aliphatic carbocycles. The van der Waals surface area contributed by atoms with Gasteiger partial charge in [-0.15, -0.1) is 11.3 Å². The zero-order valence-electron chi connectivity index (χ0n) is 15.4. The van der Waals surface area contributed by atoms with Crippen molar-refractivity contribution < 1.29 is 22.7 Å². The van der Waals surface area contributed by atoms with E-state index in [1.807, 2.05) is 0 Å². The molecule has 0 radical (unpaired) electrons. The highest BCUT2D eigenvalue weighted by Gasteiger charge is 2.26. The monoisotopic (exact) mass is 423 g/mol. The number of sulfonamides is 1. The van der Waals surface area contributed by atoms with Gasteiger partial charge in [0.05, 0.1) is 11.5 Å². The third-order valence-electron chi connectivity index (χ3n) is 4.28. The number of aromatic nitrogens is 1. The third-order valence-corrected chi connectivity index (χ3v) is 6.95. The van der Waals surface area contributed by atoms with E-state index < -0.39 is 21.9 Å². The lowest BCUT2D eigenvalue weighted by molar-refractivity contribution is 0.0520. The highest BCUT2D eigenvalue weighted by molar-refractivity contribution is 7.89. The number of thiazole rings is 1. The SMILES string of the molecule is CCOC(=O)c1csc(NC(=O)c2ccc(S(=O)(=O)N3CCCCC3)cc2)n1. The molecular formula is C18H21N3O5S2. The van der Waals surface area contributed by atoms with Gasteiger partial charge in [-0.2, -0.15) is 4.31 Å². The molecule has 0 saturated carbocycles. The Morgan fingerprint density at radius 3 is 2.50 bits per heavy atom. The topological polar surface area (TPSA) is 106 Å². The van der Waals surface area contributed by atoms with E-state index >= 15 is 0 Å². The lowest BCUT2D eigenvalue weighted by atomic mass is 10.2. The number of nitrogens with one attached hydrogen (secondary N) is 1. The molecule has 0 bridgehead atoms. The quantitative estimate of drug-likeness (QED) is 0.716. The van der Waals surface area contributed by atoms with Gasteiger partial charge in [-0.05, 0) is 44.0 Å². The van der Waals surface area contributed by atoms with Crippen molar-refractivity contribution in [1.29, 1.82) is 0 Å². The average Bonchev–Trinajstić information content (AvgIpc) is 3.17. The summed E-state index contributed by atoms with van der Waals surface area (Å²) < 4.78 is 31.6. The summed E-state index contributed by atoms with van der Waals surface area (Å²) in [5.74, 6) is -0.988. The molecule has 1 amide bonds. The first-order valence-electron chi connectivity index (χ1n) is 8.96. The van der Waals surface area contributed by atoms with Crippen LogP contribution in [0.5, 0.6) is 0 Å². The fourth-order valence-electron chi connectivity index (χ4n) is 2.83. The number of hydrogen-bond acceptors (Lipinski definition) is 7. The molecule has 8 nitrogen and oxygen atoms in total. The molecular weight excluding hydrogens is 402 g/mol. The molecule has 2 aromatic rings. The van der Waals surface area contributed by atoms with Crippen LogP contribution in [0, 0.1) is 0 Å². The summed E-state index contributed by atoms with van der Waals surface area (Å²) in [6, 6.07) is 5.80. The highest BCUT2D eigenvalue weighted by Crippen LogP contribution is 2.22. The van der Waals surface area contributed by atoms with Gasteiger partial charge in [0.15, 0.2) is 10.8 Å². The second-order valence-corrected chi connectivity index (χ2v) is 9.00. The molecule has 2 heterocycles. The maximum absolute atomic E-state index is 12.7. The van der Waals surface area contributed by atoms with Gasteiger partial charge in [-0.1, -0.05) is 6.42 Å². The van der Waals surface area contributed by atoms with Crippen molar-refractivity contribution in [3.8, 4) is 0 Å². The Labute approximate surface area is 167 Å². The standard InChI is InChI=1S/C18H21N3O5S2/c1-2-26-17(23)15-12-27-18(19-15)20-16(22)13-6-8-14(9-7-13)28(24,25)21-10-4-3-5-11-21/h6-9,12H,2-5,10-11H2,1H3,(H,19,20,22). The number of nitrogens with zero attached hydrogens (tertiary/aromatic N) is 2. The summed E-state index contributed by atoms with van der Waals surface area (Å²) in [5.41, 5.74) is 0.426. The minimum Gasteiger partial charge on any atom is -0.461 e. The third kappa shape index (κ3) is 4.57. The fraction of sp³-hybridized carbons (Fsp3) is 0.389. The molecule has 0 atom stereocenters. The number of anilines is 1. The molecule has 1 fully saturated rings. The summed E-state index contributed by atoms with van der Waals surface area (Å²) in [7, 11) is -3.54. The van der Waals surface area contributed by atoms with Crippen LogP contribution in [0.25, 0.3) is 0 Å². The Morgan fingerprint density at radius 2 is 1.86 bits per heavy atom. The molecule has 150 valence electrons. The Hall–Kier alpha value is -2.30. The van der Waals surface area contributed by atoms with Gasteiger partial charge in [0, 0.05) is 24.0 Å². The first kappa shape index (κ1) is 20.4. The van der Waals surface area contributed by atoms with Gasteiger partial charge in [0.1, 0.15) is 0 Å². The van der Waals surface area contributed by atoms with Crippen molar-refractivity contribution in [3.05, 3.63) is 40.9 Å². The molecule has 0 spiro atoms. The molecule has 1 aromatic heterocycles. The van der Waals surface area contributed by atoms with Crippen LogP contribution < -0.4 is 5.32 Å². The molecule has 3 rings (SSSR count). The number of benzene rings is 1. The molecule has 10 heteroatoms. The number of carbonyl (C=O) groups is 2. The molecule has 1 aliphatic heterocycles. The highest BCUT2D eigenvalue weighted by atomic mass is 32.2. The lowest BCUT2D eigenvalue weighted by Gasteiger charge is -2.25. The molecule has 1 saturated heterocycles. The maximum atomic E-state index is 12.7. The van der Waals surface area contributed by atoms with E-state index in [0.717, 1.165) is 30.6 Å². The van der Waals surface area contributed by atoms with E-state index in [-0.39, 0.29) is 22.3 Å². The lowest BCUT2D eigenvalue weighted by Crippen LogP contribution is -2.35. The predicted molar refractivity (Wildman–Crippen MR) is 105 cm³/mol. The number of carbonyl (C=O) groups excluding carboxylic acids is 2. The Kier molecular flexibility index (Phi) is 6.42. The minimum atomic E-state index is -3.54. The number of piperidine rings is 1. The first-order chi connectivity index (χ1) is 13.4. The average molecular weight is 424 g/mol. The minimum absolute atomic E-state index is 0.130. The second-order valence-electron chi connectivity index (χ2n) is 6.20. The number of ether oxygens (including phenoxy) is 1. The molecule has 1 aromatic carbocycles. The molecule has 1 aliphatic rings. The summed E-state index contributed by atoms with van der Waals surface area (Å²) in [4.78, 5) is 28.2. The Morgan fingerprint density at radius 1 is 1.18 bits per heavy atom. The van der Waals surface area contributed by atoms with Gasteiger partial charge in [0.2, 0.25) is 10.0 Å². The Bertz CT molecular complexity index is 948. The van der Waals surface area contributed by atoms with E-state index in [1.165, 1.54) is 34.0 Å². The smallest absolute Gasteiger partial charge is 0.357 e. The van der Waals surface area contributed by atoms with Crippen LogP contribution in [0.1, 0.15) is 47.0 Å². The number of esters is 1. The van der Waals surface area contributed by atoms with Gasteiger partial charge < -0.3 is 4.74 Å². The largest absolute Gasteiger partial charge is 0.461 e. The van der Waals surface area contributed by atoms with Crippen molar-refractivity contribution in [2.45, 2.75) is 31.1 Å². The van der Waals surface area contributed by atoms with Gasteiger partial charge in [-0.3, -0.25) is 10.1 Å². The predicted octanol–water partition coefficient (Wildman–Crippen LogP) is 2.75. The van der Waals surface area contributed by atoms with Crippen molar-refractivity contribution in [2.24, 2.45) is 0 Å². The van der Waals surface area contributed by atoms with Crippen LogP contribution in [-0.2, 0) is 14.8 Å². The molecule has 28 heavy (non-hydrogen) atoms. The van der Waals surface area contributed by atoms with Crippen molar-refractivity contribution in [3.63, 3.8) is 0 Å². The van der Waals surface area contributed by atoms with E-state index in [9.17, 15) is 18.0 Å². The van der Waals surface area contributed by atoms with Crippen molar-refractivity contribution in [2.75, 3.05) is 25.0 Å². The van der Waals surface area contributed by atoms with Crippen LogP contribution in [0.2, 0.25) is 0 Å². The Balaban J connectivity index is 1.68. The van der Waals surface area contributed by atoms with Gasteiger partial charge >= 0.3 is 5.97 Å². The normalized spacial score (nSPS) is 15.2. The fourth-order valence-corrected chi connectivity index (χ4v) is 5.02. The van der Waals surface area contributed by atoms with Crippen molar-refractivity contribution >= 4 is 38.4 Å². The van der Waals surface area contributed by atoms with Gasteiger partial charge in [-0.25, -0.2) is 18.2 Å². The maximum Gasteiger partial charge on any atom is 0.357 e. The van der Waals surface area contributed by atoms with Crippen LogP contribution in [0.15, 0.2) is 34.5 Å². The zero-order valence-corrected chi connectivity index (χ0v) is 17.0. The van der Waals surface area contributed by atoms with Crippen LogP contribution >= 0.6 is 11.3 Å². The summed E-state index contributed by atoms with van der Waals surface area (Å²) in [5, 5.41) is 4.36. The van der Waals surface area contributed by atoms with Crippen LogP contribution in [0.4, 0.5) is 5.13 Å². The van der Waals surface area contributed by atoms with E-state index in [4.69, 9.17) is 4.74 Å². The number of hydrogen-bond donors (Lipinski definition) is 1. The summed E-state index contributed by atoms with van der Waals surface area (Å²) >= 11 is 1.11. The first-order valence-corrected chi connectivity index (χ1v) is 11.3. The van der Waals surface area contributed by atoms with Crippen LogP contribution in [-0.4, -0.2) is 49.3 Å². The molecule has 1 N–H and O–H groups in total. The van der Waals surface area contributed by atoms with E-state index in [0.29, 0.717) is 18.7 Å².